The first-order valence-electron chi connectivity index (χ1n) is 8.81. The Balaban J connectivity index is 1.59. The maximum atomic E-state index is 12.6. The number of carbonyl (C=O) groups is 1. The van der Waals surface area contributed by atoms with Gasteiger partial charge in [0.25, 0.3) is 5.91 Å². The van der Waals surface area contributed by atoms with Gasteiger partial charge in [-0.2, -0.15) is 10.1 Å². The molecule has 2 fully saturated rings. The normalized spacial score (nSPS) is 22.3. The van der Waals surface area contributed by atoms with Gasteiger partial charge in [-0.15, -0.1) is 0 Å². The van der Waals surface area contributed by atoms with Crippen LogP contribution in [0.3, 0.4) is 0 Å². The molecule has 0 aliphatic carbocycles. The van der Waals surface area contributed by atoms with Gasteiger partial charge in [-0.1, -0.05) is 5.16 Å². The Bertz CT molecular complexity index is 975. The predicted molar refractivity (Wildman–Crippen MR) is 94.4 cm³/mol. The predicted octanol–water partition coefficient (Wildman–Crippen LogP) is 0.00282. The Hall–Kier alpha value is -2.27. The van der Waals surface area contributed by atoms with Gasteiger partial charge in [0.05, 0.1) is 11.7 Å². The zero-order chi connectivity index (χ0) is 19.4. The zero-order valence-corrected chi connectivity index (χ0v) is 16.3. The average Bonchev–Trinajstić information content (AvgIpc) is 3.30. The van der Waals surface area contributed by atoms with Gasteiger partial charge in [-0.05, 0) is 19.9 Å². The largest absolute Gasteiger partial charge is 0.339 e. The van der Waals surface area contributed by atoms with Gasteiger partial charge in [0.2, 0.25) is 15.9 Å². The quantitative estimate of drug-likeness (QED) is 0.717. The SMILES string of the molecule is CCS(=O)(=O)N1CC(c2nc(C)no2)C2(CN(C(=O)c3ccn(C)n3)C2)C1. The van der Waals surface area contributed by atoms with E-state index in [-0.39, 0.29) is 17.6 Å². The molecule has 2 aromatic heterocycles. The van der Waals surface area contributed by atoms with Gasteiger partial charge in [0.1, 0.15) is 5.69 Å². The number of aryl methyl sites for hydroxylation is 2. The first-order valence-corrected chi connectivity index (χ1v) is 10.4. The molecule has 4 heterocycles. The summed E-state index contributed by atoms with van der Waals surface area (Å²) in [6.07, 6.45) is 1.72. The second-order valence-electron chi connectivity index (χ2n) is 7.32. The van der Waals surface area contributed by atoms with Crippen LogP contribution in [0.4, 0.5) is 0 Å². The molecule has 2 aliphatic rings. The summed E-state index contributed by atoms with van der Waals surface area (Å²) in [5, 5.41) is 8.00. The maximum Gasteiger partial charge on any atom is 0.274 e. The molecule has 0 aromatic carbocycles. The number of hydrogen-bond acceptors (Lipinski definition) is 7. The van der Waals surface area contributed by atoms with E-state index in [1.807, 2.05) is 0 Å². The topological polar surface area (TPSA) is 114 Å². The van der Waals surface area contributed by atoms with Crippen LogP contribution >= 0.6 is 0 Å². The van der Waals surface area contributed by atoms with Crippen molar-refractivity contribution in [3.05, 3.63) is 29.7 Å². The Kier molecular flexibility index (Phi) is 4.11. The highest BCUT2D eigenvalue weighted by Gasteiger charge is 2.59. The summed E-state index contributed by atoms with van der Waals surface area (Å²) >= 11 is 0. The van der Waals surface area contributed by atoms with Crippen molar-refractivity contribution in [1.82, 2.24) is 29.1 Å². The van der Waals surface area contributed by atoms with Gasteiger partial charge in [0.15, 0.2) is 5.82 Å². The van der Waals surface area contributed by atoms with E-state index in [1.165, 1.54) is 4.31 Å². The van der Waals surface area contributed by atoms with Crippen molar-refractivity contribution in [3.8, 4) is 0 Å². The number of rotatable bonds is 4. The zero-order valence-electron chi connectivity index (χ0n) is 15.5. The van der Waals surface area contributed by atoms with Crippen LogP contribution in [0, 0.1) is 12.3 Å². The van der Waals surface area contributed by atoms with Crippen LogP contribution in [0.1, 0.15) is 35.0 Å². The third kappa shape index (κ3) is 2.94. The molecular weight excluding hydrogens is 372 g/mol. The Morgan fingerprint density at radius 1 is 1.37 bits per heavy atom. The lowest BCUT2D eigenvalue weighted by Gasteiger charge is -2.49. The van der Waals surface area contributed by atoms with Gasteiger partial charge >= 0.3 is 0 Å². The van der Waals surface area contributed by atoms with Crippen molar-refractivity contribution in [2.45, 2.75) is 19.8 Å². The number of sulfonamides is 1. The van der Waals surface area contributed by atoms with Gasteiger partial charge in [-0.3, -0.25) is 9.48 Å². The van der Waals surface area contributed by atoms with Crippen LogP contribution in [0.15, 0.2) is 16.8 Å². The number of likely N-dealkylation sites (tertiary alicyclic amines) is 1. The van der Waals surface area contributed by atoms with Crippen molar-refractivity contribution in [2.75, 3.05) is 31.9 Å². The lowest BCUT2D eigenvalue weighted by molar-refractivity contribution is 0.000825. The molecule has 0 saturated carbocycles. The summed E-state index contributed by atoms with van der Waals surface area (Å²) < 4.78 is 33.3. The first-order chi connectivity index (χ1) is 12.7. The molecule has 1 amide bonds. The second kappa shape index (κ2) is 6.13. The number of amides is 1. The third-order valence-electron chi connectivity index (χ3n) is 5.45. The van der Waals surface area contributed by atoms with E-state index < -0.39 is 15.4 Å². The fourth-order valence-electron chi connectivity index (χ4n) is 3.98. The molecule has 27 heavy (non-hydrogen) atoms. The molecule has 4 rings (SSSR count). The van der Waals surface area contributed by atoms with Crippen LogP contribution in [-0.4, -0.2) is 75.4 Å². The summed E-state index contributed by atoms with van der Waals surface area (Å²) in [7, 11) is -1.58. The molecule has 0 N–H and O–H groups in total. The van der Waals surface area contributed by atoms with Gasteiger partial charge in [-0.25, -0.2) is 12.7 Å². The number of aromatic nitrogens is 4. The molecule has 146 valence electrons. The van der Waals surface area contributed by atoms with E-state index in [9.17, 15) is 13.2 Å². The maximum absolute atomic E-state index is 12.6. The molecule has 1 unspecified atom stereocenters. The van der Waals surface area contributed by atoms with E-state index in [1.54, 1.807) is 42.7 Å². The van der Waals surface area contributed by atoms with Gasteiger partial charge in [0, 0.05) is 44.8 Å². The summed E-state index contributed by atoms with van der Waals surface area (Å²) in [5.41, 5.74) is -0.0281. The lowest BCUT2D eigenvalue weighted by Crippen LogP contribution is -2.61. The molecule has 2 aromatic rings. The summed E-state index contributed by atoms with van der Waals surface area (Å²) in [6.45, 7) is 4.87. The molecular formula is C16H22N6O4S. The van der Waals surface area contributed by atoms with Crippen LogP contribution in [-0.2, 0) is 17.1 Å². The minimum absolute atomic E-state index is 0.0369. The van der Waals surface area contributed by atoms with Crippen molar-refractivity contribution in [2.24, 2.45) is 12.5 Å². The van der Waals surface area contributed by atoms with E-state index in [4.69, 9.17) is 4.52 Å². The molecule has 1 atom stereocenters. The highest BCUT2D eigenvalue weighted by atomic mass is 32.2. The summed E-state index contributed by atoms with van der Waals surface area (Å²) in [4.78, 5) is 18.6. The molecule has 2 aliphatic heterocycles. The van der Waals surface area contributed by atoms with Crippen LogP contribution in [0.2, 0.25) is 0 Å². The highest BCUT2D eigenvalue weighted by Crippen LogP contribution is 2.49. The van der Waals surface area contributed by atoms with Crippen molar-refractivity contribution < 1.29 is 17.7 Å². The number of carbonyl (C=O) groups excluding carboxylic acids is 1. The Morgan fingerprint density at radius 3 is 2.67 bits per heavy atom. The highest BCUT2D eigenvalue weighted by molar-refractivity contribution is 7.89. The number of nitrogens with zero attached hydrogens (tertiary/aromatic N) is 6. The first kappa shape index (κ1) is 18.1. The Labute approximate surface area is 157 Å². The van der Waals surface area contributed by atoms with Crippen molar-refractivity contribution in [3.63, 3.8) is 0 Å². The molecule has 2 saturated heterocycles. The van der Waals surface area contributed by atoms with Gasteiger partial charge < -0.3 is 9.42 Å². The molecule has 1 spiro atoms. The van der Waals surface area contributed by atoms with E-state index in [0.29, 0.717) is 43.6 Å². The summed E-state index contributed by atoms with van der Waals surface area (Å²) in [5.74, 6) is 0.602. The van der Waals surface area contributed by atoms with E-state index in [0.717, 1.165) is 0 Å². The van der Waals surface area contributed by atoms with Crippen LogP contribution < -0.4 is 0 Å². The lowest BCUT2D eigenvalue weighted by atomic mass is 9.71. The second-order valence-corrected chi connectivity index (χ2v) is 9.58. The third-order valence-corrected chi connectivity index (χ3v) is 7.24. The molecule has 10 nitrogen and oxygen atoms in total. The minimum Gasteiger partial charge on any atom is -0.339 e. The number of hydrogen-bond donors (Lipinski definition) is 0. The van der Waals surface area contributed by atoms with E-state index >= 15 is 0 Å². The van der Waals surface area contributed by atoms with E-state index in [2.05, 4.69) is 15.2 Å². The molecule has 0 radical (unpaired) electrons. The van der Waals surface area contributed by atoms with Crippen molar-refractivity contribution >= 4 is 15.9 Å². The summed E-state index contributed by atoms with van der Waals surface area (Å²) in [6, 6.07) is 1.68. The Morgan fingerprint density at radius 2 is 2.11 bits per heavy atom. The fraction of sp³-hybridized carbons (Fsp3) is 0.625. The van der Waals surface area contributed by atoms with Crippen LogP contribution in [0.25, 0.3) is 0 Å². The average molecular weight is 394 g/mol. The van der Waals surface area contributed by atoms with Crippen molar-refractivity contribution in [1.29, 1.82) is 0 Å². The molecule has 0 bridgehead atoms. The monoisotopic (exact) mass is 394 g/mol. The fourth-order valence-corrected chi connectivity index (χ4v) is 5.18. The standard InChI is InChI=1S/C16H22N6O4S/c1-4-27(24,25)22-7-12(14-17-11(2)19-26-14)16(10-22)8-21(9-16)15(23)13-5-6-20(3)18-13/h5-6,12H,4,7-10H2,1-3H3. The smallest absolute Gasteiger partial charge is 0.274 e. The van der Waals surface area contributed by atoms with Crippen LogP contribution in [0.5, 0.6) is 0 Å². The minimum atomic E-state index is -3.34. The molecule has 11 heteroatoms.